The standard InChI is InChI=1S/C20H22BrClO10/c1-9(23)27-8-16-17(28-10(2)24)18(29-11(3)25)19(30-12(4)26)20(32-16)31-15-7-13(21)5-6-14(15)22/h5-7,16-20H,8H2,1-4H3/t16-,17-,18+,19+,20?/m1/s1/i1D,2D,3D,4D. The van der Waals surface area contributed by atoms with Crippen molar-refractivity contribution in [3.63, 3.8) is 0 Å². The minimum Gasteiger partial charge on any atom is -0.463 e. The molecule has 1 aromatic rings. The summed E-state index contributed by atoms with van der Waals surface area (Å²) in [5.41, 5.74) is 0. The van der Waals surface area contributed by atoms with E-state index in [-0.39, 0.29) is 10.8 Å². The fourth-order valence-electron chi connectivity index (χ4n) is 2.83. The molecule has 32 heavy (non-hydrogen) atoms. The molecule has 1 unspecified atom stereocenters. The Balaban J connectivity index is 2.54. The van der Waals surface area contributed by atoms with Gasteiger partial charge in [0.15, 0.2) is 12.2 Å². The largest absolute Gasteiger partial charge is 0.463 e. The van der Waals surface area contributed by atoms with E-state index in [0.29, 0.717) is 4.47 Å². The number of hydrogen-bond acceptors (Lipinski definition) is 10. The van der Waals surface area contributed by atoms with Crippen LogP contribution in [0.3, 0.4) is 0 Å². The van der Waals surface area contributed by atoms with Crippen molar-refractivity contribution < 1.29 is 53.1 Å². The van der Waals surface area contributed by atoms with Crippen molar-refractivity contribution in [1.82, 2.24) is 0 Å². The second-order valence-electron chi connectivity index (χ2n) is 6.28. The lowest BCUT2D eigenvalue weighted by molar-refractivity contribution is -0.288. The number of carbonyl (C=O) groups is 4. The van der Waals surface area contributed by atoms with Crippen LogP contribution in [0, 0.1) is 0 Å². The van der Waals surface area contributed by atoms with Crippen LogP contribution in [0.5, 0.6) is 5.75 Å². The highest BCUT2D eigenvalue weighted by atomic mass is 79.9. The average molecular weight is 542 g/mol. The average Bonchev–Trinajstić information content (AvgIpc) is 2.87. The van der Waals surface area contributed by atoms with Gasteiger partial charge in [0, 0.05) is 37.6 Å². The summed E-state index contributed by atoms with van der Waals surface area (Å²) in [5.74, 6) is -4.15. The van der Waals surface area contributed by atoms with Crippen LogP contribution in [0.4, 0.5) is 0 Å². The first-order chi connectivity index (χ1) is 17.1. The molecule has 0 N–H and O–H groups in total. The van der Waals surface area contributed by atoms with Crippen LogP contribution in [0.25, 0.3) is 0 Å². The lowest BCUT2D eigenvalue weighted by Gasteiger charge is -2.44. The molecule has 10 nitrogen and oxygen atoms in total. The number of benzene rings is 1. The van der Waals surface area contributed by atoms with Crippen LogP contribution in [0.15, 0.2) is 22.7 Å². The van der Waals surface area contributed by atoms with Crippen LogP contribution in [0.2, 0.25) is 5.02 Å². The maximum Gasteiger partial charge on any atom is 0.303 e. The molecule has 1 aliphatic heterocycles. The molecule has 1 heterocycles. The summed E-state index contributed by atoms with van der Waals surface area (Å²) < 4.78 is 61.7. The summed E-state index contributed by atoms with van der Waals surface area (Å²) in [4.78, 5) is 47.7. The summed E-state index contributed by atoms with van der Waals surface area (Å²) in [5, 5.41) is 0.118. The topological polar surface area (TPSA) is 124 Å². The Kier molecular flexibility index (Phi) is 7.27. The summed E-state index contributed by atoms with van der Waals surface area (Å²) in [6, 6.07) is 4.56. The molecule has 1 aliphatic rings. The van der Waals surface area contributed by atoms with Crippen molar-refractivity contribution in [2.24, 2.45) is 0 Å². The van der Waals surface area contributed by atoms with Gasteiger partial charge in [-0.1, -0.05) is 27.5 Å². The zero-order valence-corrected chi connectivity index (χ0v) is 18.8. The number of hydrogen-bond donors (Lipinski definition) is 0. The molecular formula is C20H22BrClO10. The molecule has 0 bridgehead atoms. The molecule has 0 aromatic heterocycles. The first kappa shape index (κ1) is 20.3. The molecule has 5 atom stereocenters. The second-order valence-corrected chi connectivity index (χ2v) is 7.60. The van der Waals surface area contributed by atoms with Gasteiger partial charge in [-0.25, -0.2) is 0 Å². The van der Waals surface area contributed by atoms with Gasteiger partial charge < -0.3 is 28.4 Å². The van der Waals surface area contributed by atoms with Crippen molar-refractivity contribution in [1.29, 1.82) is 0 Å². The lowest BCUT2D eigenvalue weighted by atomic mass is 9.98. The van der Waals surface area contributed by atoms with Crippen LogP contribution in [-0.2, 0) is 42.9 Å². The first-order valence-corrected chi connectivity index (χ1v) is 9.98. The number of halogens is 2. The van der Waals surface area contributed by atoms with E-state index >= 15 is 0 Å². The van der Waals surface area contributed by atoms with Crippen molar-refractivity contribution in [2.75, 3.05) is 6.61 Å². The van der Waals surface area contributed by atoms with Gasteiger partial charge >= 0.3 is 23.9 Å². The van der Waals surface area contributed by atoms with E-state index in [9.17, 15) is 19.2 Å². The Labute approximate surface area is 203 Å². The number of ether oxygens (including phenoxy) is 6. The zero-order valence-electron chi connectivity index (χ0n) is 20.5. The van der Waals surface area contributed by atoms with Gasteiger partial charge in [0.2, 0.25) is 12.4 Å². The third-order valence-corrected chi connectivity index (χ3v) is 4.74. The monoisotopic (exact) mass is 540 g/mol. The number of esters is 4. The summed E-state index contributed by atoms with van der Waals surface area (Å²) in [6.07, 6.45) is -7.86. The summed E-state index contributed by atoms with van der Waals surface area (Å²) >= 11 is 9.44. The van der Waals surface area contributed by atoms with E-state index < -0.39 is 88.8 Å². The Morgan fingerprint density at radius 2 is 1.56 bits per heavy atom. The molecule has 2 rings (SSSR count). The van der Waals surface area contributed by atoms with E-state index in [0.717, 1.165) is 0 Å². The van der Waals surface area contributed by atoms with Crippen molar-refractivity contribution in [3.8, 4) is 5.75 Å². The van der Waals surface area contributed by atoms with Gasteiger partial charge in [-0.2, -0.15) is 0 Å². The maximum absolute atomic E-state index is 12.1. The predicted molar refractivity (Wildman–Crippen MR) is 112 cm³/mol. The van der Waals surface area contributed by atoms with Gasteiger partial charge in [-0.05, 0) is 18.2 Å². The molecule has 0 amide bonds. The normalized spacial score (nSPS) is 26.4. The van der Waals surface area contributed by atoms with E-state index in [2.05, 4.69) is 15.9 Å². The van der Waals surface area contributed by atoms with Crippen LogP contribution >= 0.6 is 27.5 Å². The molecule has 12 heteroatoms. The van der Waals surface area contributed by atoms with E-state index in [4.69, 9.17) is 45.5 Å². The number of carbonyl (C=O) groups excluding carboxylic acids is 4. The number of rotatable bonds is 7. The highest BCUT2D eigenvalue weighted by Gasteiger charge is 2.53. The highest BCUT2D eigenvalue weighted by molar-refractivity contribution is 9.10. The Morgan fingerprint density at radius 3 is 2.19 bits per heavy atom. The minimum absolute atomic E-state index is 0.0389. The van der Waals surface area contributed by atoms with Crippen LogP contribution in [-0.4, -0.2) is 61.2 Å². The van der Waals surface area contributed by atoms with Gasteiger partial charge in [0.25, 0.3) is 0 Å². The Morgan fingerprint density at radius 1 is 0.969 bits per heavy atom. The molecule has 0 aliphatic carbocycles. The van der Waals surface area contributed by atoms with Crippen LogP contribution in [0.1, 0.15) is 33.1 Å². The third-order valence-electron chi connectivity index (χ3n) is 3.94. The SMILES string of the molecule is [2H]CC(=O)OC[C@H]1OC(Oc2cc(Br)ccc2Cl)[C@@H](OC(=O)C[2H])[C@@H](OC(=O)C[2H])[C@@H]1OC(=O)C[2H]. The predicted octanol–water partition coefficient (Wildman–Crippen LogP) is 2.56. The summed E-state index contributed by atoms with van der Waals surface area (Å²) in [6.45, 7) is -3.84. The zero-order chi connectivity index (χ0) is 26.8. The minimum atomic E-state index is -1.65. The van der Waals surface area contributed by atoms with Gasteiger partial charge in [-0.3, -0.25) is 19.2 Å². The second kappa shape index (κ2) is 11.5. The quantitative estimate of drug-likeness (QED) is 0.376. The van der Waals surface area contributed by atoms with Crippen LogP contribution < -0.4 is 4.74 Å². The molecule has 1 fully saturated rings. The fraction of sp³-hybridized carbons (Fsp3) is 0.500. The molecule has 0 radical (unpaired) electrons. The molecule has 1 saturated heterocycles. The molecular weight excluding hydrogens is 516 g/mol. The van der Waals surface area contributed by atoms with Crippen molar-refractivity contribution in [2.45, 2.75) is 58.3 Å². The highest BCUT2D eigenvalue weighted by Crippen LogP contribution is 2.34. The van der Waals surface area contributed by atoms with E-state index in [1.165, 1.54) is 12.1 Å². The van der Waals surface area contributed by atoms with Crippen molar-refractivity contribution in [3.05, 3.63) is 27.7 Å². The van der Waals surface area contributed by atoms with E-state index in [1.807, 2.05) is 0 Å². The lowest BCUT2D eigenvalue weighted by Crippen LogP contribution is -2.63. The molecule has 176 valence electrons. The van der Waals surface area contributed by atoms with Gasteiger partial charge in [0.1, 0.15) is 18.5 Å². The van der Waals surface area contributed by atoms with Crippen molar-refractivity contribution >= 4 is 51.4 Å². The summed E-state index contributed by atoms with van der Waals surface area (Å²) in [7, 11) is 0. The molecule has 1 aromatic carbocycles. The fourth-order valence-corrected chi connectivity index (χ4v) is 3.33. The van der Waals surface area contributed by atoms with E-state index in [1.54, 1.807) is 6.07 Å². The molecule has 0 spiro atoms. The smallest absolute Gasteiger partial charge is 0.303 e. The Hall–Kier alpha value is -2.37. The Bertz CT molecular complexity index is 955. The van der Waals surface area contributed by atoms with Gasteiger partial charge in [-0.15, -0.1) is 0 Å². The molecule has 0 saturated carbocycles. The van der Waals surface area contributed by atoms with Gasteiger partial charge in [0.05, 0.1) is 5.02 Å². The first-order valence-electron chi connectivity index (χ1n) is 11.6. The third kappa shape index (κ3) is 7.35. The maximum atomic E-state index is 12.1.